The Hall–Kier alpha value is -3.41. The molecule has 4 heterocycles. The third kappa shape index (κ3) is 5.98. The maximum atomic E-state index is 15.1. The second kappa shape index (κ2) is 12.2. The zero-order chi connectivity index (χ0) is 29.3. The van der Waals surface area contributed by atoms with Crippen molar-refractivity contribution in [2.24, 2.45) is 5.92 Å². The first kappa shape index (κ1) is 29.1. The first-order valence-electron chi connectivity index (χ1n) is 14.3. The summed E-state index contributed by atoms with van der Waals surface area (Å²) in [5, 5.41) is 16.7. The van der Waals surface area contributed by atoms with Crippen LogP contribution in [-0.4, -0.2) is 75.9 Å². The van der Waals surface area contributed by atoms with E-state index in [-0.39, 0.29) is 47.6 Å². The Labute approximate surface area is 238 Å². The number of likely N-dealkylation sites (tertiary alicyclic amines) is 1. The van der Waals surface area contributed by atoms with Gasteiger partial charge < -0.3 is 25.0 Å². The van der Waals surface area contributed by atoms with E-state index in [1.165, 1.54) is 0 Å². The molecule has 41 heavy (non-hydrogen) atoms. The monoisotopic (exact) mass is 566 g/mol. The van der Waals surface area contributed by atoms with Crippen LogP contribution in [0.2, 0.25) is 0 Å². The van der Waals surface area contributed by atoms with Crippen LogP contribution in [0.4, 0.5) is 10.3 Å². The second-order valence-electron chi connectivity index (χ2n) is 11.4. The Kier molecular flexibility index (Phi) is 8.67. The molecule has 0 bridgehead atoms. The molecule has 0 aliphatic carbocycles. The Balaban J connectivity index is 1.54. The van der Waals surface area contributed by atoms with Crippen LogP contribution < -0.4 is 16.1 Å². The van der Waals surface area contributed by atoms with E-state index in [1.54, 1.807) is 19.2 Å². The van der Waals surface area contributed by atoms with E-state index in [1.807, 2.05) is 13.0 Å². The molecule has 2 saturated heterocycles. The number of anilines is 1. The molecule has 11 heteroatoms. The number of carbonyl (C=O) groups excluding carboxylic acids is 1. The van der Waals surface area contributed by atoms with Crippen LogP contribution in [0, 0.1) is 18.7 Å². The Morgan fingerprint density at radius 2 is 2.10 bits per heavy atom. The Morgan fingerprint density at radius 1 is 1.29 bits per heavy atom. The van der Waals surface area contributed by atoms with Crippen molar-refractivity contribution >= 4 is 22.8 Å². The summed E-state index contributed by atoms with van der Waals surface area (Å²) >= 11 is 0. The summed E-state index contributed by atoms with van der Waals surface area (Å²) in [6.45, 7) is 8.73. The summed E-state index contributed by atoms with van der Waals surface area (Å²) in [6.07, 6.45) is 2.75. The number of fused-ring (bicyclic) bond motifs is 1. The topological polar surface area (TPSA) is 122 Å². The van der Waals surface area contributed by atoms with Crippen LogP contribution in [0.15, 0.2) is 29.2 Å². The van der Waals surface area contributed by atoms with E-state index >= 15 is 4.39 Å². The summed E-state index contributed by atoms with van der Waals surface area (Å²) in [7, 11) is 1.66. The number of aliphatic hydroxyl groups excluding tert-OH is 1. The fourth-order valence-electron chi connectivity index (χ4n) is 6.04. The number of hydrogen-bond donors (Lipinski definition) is 3. The van der Waals surface area contributed by atoms with Crippen molar-refractivity contribution in [3.8, 4) is 11.3 Å². The molecule has 2 fully saturated rings. The van der Waals surface area contributed by atoms with E-state index in [9.17, 15) is 14.7 Å². The van der Waals surface area contributed by atoms with E-state index < -0.39 is 11.9 Å². The zero-order valence-corrected chi connectivity index (χ0v) is 24.1. The van der Waals surface area contributed by atoms with Gasteiger partial charge in [-0.1, -0.05) is 6.07 Å². The van der Waals surface area contributed by atoms with Gasteiger partial charge in [0.05, 0.1) is 36.4 Å². The van der Waals surface area contributed by atoms with Gasteiger partial charge in [-0.05, 0) is 58.7 Å². The van der Waals surface area contributed by atoms with Gasteiger partial charge in [0.15, 0.2) is 11.2 Å². The average molecular weight is 567 g/mol. The lowest BCUT2D eigenvalue weighted by Crippen LogP contribution is -2.42. The number of carbonyl (C=O) groups is 1. The summed E-state index contributed by atoms with van der Waals surface area (Å²) in [4.78, 5) is 36.7. The molecule has 2 aliphatic rings. The number of aromatic nitrogens is 3. The lowest BCUT2D eigenvalue weighted by molar-refractivity contribution is -0.126. The lowest BCUT2D eigenvalue weighted by atomic mass is 9.96. The molecule has 0 saturated carbocycles. The molecule has 10 nitrogen and oxygen atoms in total. The number of nitrogens with zero attached hydrogens (tertiary/aromatic N) is 4. The number of aliphatic hydroxyl groups is 1. The number of nitrogens with one attached hydrogen (secondary N) is 2. The number of benzene rings is 1. The number of rotatable bonds is 7. The van der Waals surface area contributed by atoms with Crippen molar-refractivity contribution in [1.82, 2.24) is 24.8 Å². The van der Waals surface area contributed by atoms with Gasteiger partial charge in [-0.25, -0.2) is 14.4 Å². The maximum absolute atomic E-state index is 15.1. The number of ether oxygens (including phenoxy) is 1. The van der Waals surface area contributed by atoms with E-state index in [4.69, 9.17) is 4.74 Å². The van der Waals surface area contributed by atoms with E-state index in [0.29, 0.717) is 48.1 Å². The van der Waals surface area contributed by atoms with Gasteiger partial charge in [0.25, 0.3) is 0 Å². The third-order valence-electron chi connectivity index (χ3n) is 8.24. The highest BCUT2D eigenvalue weighted by Gasteiger charge is 2.28. The van der Waals surface area contributed by atoms with Crippen molar-refractivity contribution in [1.29, 1.82) is 0 Å². The fraction of sp³-hybridized carbons (Fsp3) is 0.533. The normalized spacial score (nSPS) is 21.8. The lowest BCUT2D eigenvalue weighted by Gasteiger charge is -2.33. The van der Waals surface area contributed by atoms with Crippen molar-refractivity contribution in [2.45, 2.75) is 64.8 Å². The van der Waals surface area contributed by atoms with Crippen LogP contribution in [0.1, 0.15) is 50.4 Å². The quantitative estimate of drug-likeness (QED) is 0.399. The predicted octanol–water partition coefficient (Wildman–Crippen LogP) is 3.01. The second-order valence-corrected chi connectivity index (χ2v) is 11.4. The molecule has 2 aromatic heterocycles. The van der Waals surface area contributed by atoms with Crippen LogP contribution in [0.5, 0.6) is 0 Å². The molecule has 1 amide bonds. The number of piperidine rings is 1. The predicted molar refractivity (Wildman–Crippen MR) is 155 cm³/mol. The molecule has 3 aromatic rings. The van der Waals surface area contributed by atoms with Gasteiger partial charge >= 0.3 is 0 Å². The minimum absolute atomic E-state index is 0.0176. The molecule has 3 atom stereocenters. The number of hydrogen-bond acceptors (Lipinski definition) is 8. The summed E-state index contributed by atoms with van der Waals surface area (Å²) in [5.74, 6) is -0.398. The minimum atomic E-state index is -0.713. The van der Waals surface area contributed by atoms with Gasteiger partial charge in [0, 0.05) is 55.0 Å². The first-order valence-corrected chi connectivity index (χ1v) is 14.3. The minimum Gasteiger partial charge on any atom is -0.389 e. The van der Waals surface area contributed by atoms with Gasteiger partial charge in [-0.15, -0.1) is 0 Å². The Morgan fingerprint density at radius 3 is 2.83 bits per heavy atom. The molecule has 0 unspecified atom stereocenters. The van der Waals surface area contributed by atoms with Crippen molar-refractivity contribution < 1.29 is 19.0 Å². The largest absolute Gasteiger partial charge is 0.389 e. The van der Waals surface area contributed by atoms with Gasteiger partial charge in [-0.2, -0.15) is 0 Å². The SMILES string of the molecule is CNC(=O)[C@H]1CCCN(Cc2c(C)c(=O)c3ccc(-c4nc(N[C@@H]5CCOC[C@H]5O)ncc4F)cc3n2C(C)C)C1. The van der Waals surface area contributed by atoms with Crippen LogP contribution >= 0.6 is 0 Å². The van der Waals surface area contributed by atoms with E-state index in [0.717, 1.165) is 31.3 Å². The molecular formula is C30H39FN6O4. The highest BCUT2D eigenvalue weighted by molar-refractivity contribution is 5.85. The molecule has 0 spiro atoms. The maximum Gasteiger partial charge on any atom is 0.224 e. The number of halogens is 1. The van der Waals surface area contributed by atoms with Gasteiger partial charge in [0.1, 0.15) is 5.69 Å². The highest BCUT2D eigenvalue weighted by atomic mass is 19.1. The number of pyridine rings is 1. The first-order chi connectivity index (χ1) is 19.7. The summed E-state index contributed by atoms with van der Waals surface area (Å²) in [6, 6.07) is 4.99. The van der Waals surface area contributed by atoms with Crippen LogP contribution in [0.25, 0.3) is 22.2 Å². The standard InChI is InChI=1S/C30H39FN6O4/c1-17(2)37-24-12-19(27-22(31)13-33-30(35-27)34-23-9-11-41-16-26(23)38)7-8-21(24)28(39)18(3)25(37)15-36-10-5-6-20(14-36)29(40)32-4/h7-8,12-13,17,20,23,26,38H,5-6,9-11,14-16H2,1-4H3,(H,32,40)(H,33,34,35)/t20-,23+,26+/m0/s1. The Bertz CT molecular complexity index is 1490. The molecule has 2 aliphatic heterocycles. The summed E-state index contributed by atoms with van der Waals surface area (Å²) in [5.41, 5.74) is 2.85. The summed E-state index contributed by atoms with van der Waals surface area (Å²) < 4.78 is 22.5. The van der Waals surface area contributed by atoms with Crippen molar-refractivity contribution in [2.75, 3.05) is 38.7 Å². The highest BCUT2D eigenvalue weighted by Crippen LogP contribution is 2.29. The molecular weight excluding hydrogens is 527 g/mol. The molecule has 1 aromatic carbocycles. The van der Waals surface area contributed by atoms with Crippen LogP contribution in [0.3, 0.4) is 0 Å². The molecule has 5 rings (SSSR count). The molecule has 220 valence electrons. The molecule has 3 N–H and O–H groups in total. The van der Waals surface area contributed by atoms with Gasteiger partial charge in [0.2, 0.25) is 11.9 Å². The van der Waals surface area contributed by atoms with Gasteiger partial charge in [-0.3, -0.25) is 14.5 Å². The molecule has 0 radical (unpaired) electrons. The zero-order valence-electron chi connectivity index (χ0n) is 24.1. The third-order valence-corrected chi connectivity index (χ3v) is 8.24. The van der Waals surface area contributed by atoms with Crippen LogP contribution in [-0.2, 0) is 16.1 Å². The fourth-order valence-corrected chi connectivity index (χ4v) is 6.04. The number of amides is 1. The van der Waals surface area contributed by atoms with E-state index in [2.05, 4.69) is 43.9 Å². The van der Waals surface area contributed by atoms with Crippen molar-refractivity contribution in [3.63, 3.8) is 0 Å². The van der Waals surface area contributed by atoms with Crippen molar-refractivity contribution in [3.05, 3.63) is 51.7 Å². The smallest absolute Gasteiger partial charge is 0.224 e. The average Bonchev–Trinajstić information content (AvgIpc) is 2.97.